The van der Waals surface area contributed by atoms with Crippen molar-refractivity contribution in [2.45, 2.75) is 33.6 Å². The number of esters is 1. The summed E-state index contributed by atoms with van der Waals surface area (Å²) in [6.45, 7) is 9.01. The number of guanidine groups is 1. The van der Waals surface area contributed by atoms with Gasteiger partial charge in [-0.05, 0) is 37.0 Å². The molecule has 1 aliphatic rings. The van der Waals surface area contributed by atoms with E-state index >= 15 is 0 Å². The fourth-order valence-corrected chi connectivity index (χ4v) is 3.64. The van der Waals surface area contributed by atoms with Crippen molar-refractivity contribution in [3.8, 4) is 11.5 Å². The highest BCUT2D eigenvalue weighted by Crippen LogP contribution is 2.24. The molecule has 31 heavy (non-hydrogen) atoms. The molecule has 2 atom stereocenters. The van der Waals surface area contributed by atoms with Crippen LogP contribution >= 0.6 is 24.0 Å². The lowest BCUT2D eigenvalue weighted by Crippen LogP contribution is -2.40. The second-order valence-corrected chi connectivity index (χ2v) is 7.56. The maximum absolute atomic E-state index is 12.0. The average molecular weight is 541 g/mol. The molecule has 0 bridgehead atoms. The summed E-state index contributed by atoms with van der Waals surface area (Å²) in [5, 5.41) is 7.28. The molecule has 0 amide bonds. The lowest BCUT2D eigenvalue weighted by atomic mass is 9.99. The second kappa shape index (κ2) is 12.0. The standard InChI is InChI=1S/C22H31N5O3.HI/c1-5-19-25-20(30-26-19)17-9-7-16(8-10-17)11-12-24-22(23-6-2)27-13-15(3)18(14-27)21(28)29-4;/h7-10,15,18H,5-6,11-14H2,1-4H3,(H,23,24);1H. The first-order valence-electron chi connectivity index (χ1n) is 10.6. The molecule has 1 fully saturated rings. The number of carbonyl (C=O) groups excluding carboxylic acids is 1. The van der Waals surface area contributed by atoms with Crippen LogP contribution in [-0.2, 0) is 22.4 Å². The number of nitrogens with zero attached hydrogens (tertiary/aromatic N) is 4. The van der Waals surface area contributed by atoms with E-state index in [4.69, 9.17) is 14.3 Å². The predicted octanol–water partition coefficient (Wildman–Crippen LogP) is 3.17. The third-order valence-electron chi connectivity index (χ3n) is 5.40. The van der Waals surface area contributed by atoms with Gasteiger partial charge in [0, 0.05) is 38.2 Å². The molecule has 1 aromatic carbocycles. The molecular formula is C22H32IN5O3. The zero-order valence-corrected chi connectivity index (χ0v) is 21.0. The van der Waals surface area contributed by atoms with Crippen molar-refractivity contribution in [1.82, 2.24) is 20.4 Å². The van der Waals surface area contributed by atoms with Gasteiger partial charge in [0.15, 0.2) is 11.8 Å². The van der Waals surface area contributed by atoms with E-state index < -0.39 is 0 Å². The Balaban J connectivity index is 0.00000341. The molecular weight excluding hydrogens is 509 g/mol. The van der Waals surface area contributed by atoms with Crippen molar-refractivity contribution in [2.24, 2.45) is 16.8 Å². The molecule has 9 heteroatoms. The molecule has 170 valence electrons. The summed E-state index contributed by atoms with van der Waals surface area (Å²) in [7, 11) is 1.45. The normalized spacial score (nSPS) is 18.6. The summed E-state index contributed by atoms with van der Waals surface area (Å²) in [6, 6.07) is 8.14. The Labute approximate surface area is 200 Å². The Bertz CT molecular complexity index is 868. The summed E-state index contributed by atoms with van der Waals surface area (Å²) >= 11 is 0. The smallest absolute Gasteiger partial charge is 0.310 e. The predicted molar refractivity (Wildman–Crippen MR) is 130 cm³/mol. The summed E-state index contributed by atoms with van der Waals surface area (Å²) in [5.41, 5.74) is 2.11. The van der Waals surface area contributed by atoms with E-state index in [9.17, 15) is 4.79 Å². The van der Waals surface area contributed by atoms with Gasteiger partial charge in [0.1, 0.15) is 0 Å². The van der Waals surface area contributed by atoms with Crippen LogP contribution in [0.2, 0.25) is 0 Å². The third kappa shape index (κ3) is 6.41. The Morgan fingerprint density at radius 1 is 1.29 bits per heavy atom. The SMILES string of the molecule is CCNC(=NCCc1ccc(-c2nc(CC)no2)cc1)N1CC(C)C(C(=O)OC)C1.I. The van der Waals surface area contributed by atoms with Crippen LogP contribution in [0.25, 0.3) is 11.5 Å². The van der Waals surface area contributed by atoms with Gasteiger partial charge in [-0.3, -0.25) is 9.79 Å². The van der Waals surface area contributed by atoms with Crippen molar-refractivity contribution in [2.75, 3.05) is 33.3 Å². The molecule has 2 heterocycles. The van der Waals surface area contributed by atoms with E-state index in [1.54, 1.807) is 0 Å². The summed E-state index contributed by atoms with van der Waals surface area (Å²) < 4.78 is 10.2. The Morgan fingerprint density at radius 2 is 2.03 bits per heavy atom. The maximum atomic E-state index is 12.0. The van der Waals surface area contributed by atoms with Crippen molar-refractivity contribution < 1.29 is 14.1 Å². The number of rotatable bonds is 7. The number of aryl methyl sites for hydroxylation is 1. The van der Waals surface area contributed by atoms with Gasteiger partial charge in [-0.15, -0.1) is 24.0 Å². The summed E-state index contributed by atoms with van der Waals surface area (Å²) in [4.78, 5) is 23.3. The van der Waals surface area contributed by atoms with E-state index in [-0.39, 0.29) is 41.8 Å². The molecule has 0 radical (unpaired) electrons. The quantitative estimate of drug-likeness (QED) is 0.249. The summed E-state index contributed by atoms with van der Waals surface area (Å²) in [5.74, 6) is 2.11. The van der Waals surface area contributed by atoms with E-state index in [0.717, 1.165) is 37.5 Å². The van der Waals surface area contributed by atoms with E-state index in [0.29, 0.717) is 24.8 Å². The molecule has 2 unspecified atom stereocenters. The number of ether oxygens (including phenoxy) is 1. The van der Waals surface area contributed by atoms with Gasteiger partial charge >= 0.3 is 5.97 Å². The van der Waals surface area contributed by atoms with Gasteiger partial charge in [-0.1, -0.05) is 31.1 Å². The zero-order valence-electron chi connectivity index (χ0n) is 18.6. The van der Waals surface area contributed by atoms with Crippen LogP contribution < -0.4 is 5.32 Å². The van der Waals surface area contributed by atoms with Crippen LogP contribution in [-0.4, -0.2) is 60.3 Å². The monoisotopic (exact) mass is 541 g/mol. The van der Waals surface area contributed by atoms with E-state index in [2.05, 4.69) is 39.4 Å². The third-order valence-corrected chi connectivity index (χ3v) is 5.40. The van der Waals surface area contributed by atoms with Crippen LogP contribution in [0.5, 0.6) is 0 Å². The van der Waals surface area contributed by atoms with Crippen molar-refractivity contribution in [3.63, 3.8) is 0 Å². The van der Waals surface area contributed by atoms with Crippen LogP contribution in [0.1, 0.15) is 32.2 Å². The number of likely N-dealkylation sites (tertiary alicyclic amines) is 1. The fourth-order valence-electron chi connectivity index (χ4n) is 3.64. The van der Waals surface area contributed by atoms with E-state index in [1.807, 2.05) is 26.0 Å². The number of hydrogen-bond acceptors (Lipinski definition) is 6. The molecule has 0 saturated carbocycles. The van der Waals surface area contributed by atoms with Crippen LogP contribution in [0.4, 0.5) is 0 Å². The fraction of sp³-hybridized carbons (Fsp3) is 0.545. The topological polar surface area (TPSA) is 92.9 Å². The number of benzene rings is 1. The molecule has 1 saturated heterocycles. The van der Waals surface area contributed by atoms with Gasteiger partial charge < -0.3 is 19.5 Å². The minimum absolute atomic E-state index is 0. The molecule has 0 aliphatic carbocycles. The molecule has 1 N–H and O–H groups in total. The number of methoxy groups -OCH3 is 1. The second-order valence-electron chi connectivity index (χ2n) is 7.56. The number of hydrogen-bond donors (Lipinski definition) is 1. The highest BCUT2D eigenvalue weighted by molar-refractivity contribution is 14.0. The molecule has 1 aromatic heterocycles. The van der Waals surface area contributed by atoms with Crippen LogP contribution in [0.15, 0.2) is 33.8 Å². The first-order valence-corrected chi connectivity index (χ1v) is 10.6. The molecule has 3 rings (SSSR count). The number of nitrogens with one attached hydrogen (secondary N) is 1. The van der Waals surface area contributed by atoms with Gasteiger partial charge in [-0.25, -0.2) is 0 Å². The van der Waals surface area contributed by atoms with Gasteiger partial charge in [0.05, 0.1) is 13.0 Å². The average Bonchev–Trinajstić information content (AvgIpc) is 3.40. The zero-order chi connectivity index (χ0) is 21.5. The Hall–Kier alpha value is -2.17. The van der Waals surface area contributed by atoms with Gasteiger partial charge in [0.25, 0.3) is 5.89 Å². The lowest BCUT2D eigenvalue weighted by Gasteiger charge is -2.21. The van der Waals surface area contributed by atoms with Crippen molar-refractivity contribution in [3.05, 3.63) is 35.7 Å². The molecule has 8 nitrogen and oxygen atoms in total. The van der Waals surface area contributed by atoms with Gasteiger partial charge in [-0.2, -0.15) is 4.98 Å². The number of aromatic nitrogens is 2. The maximum Gasteiger partial charge on any atom is 0.310 e. The van der Waals surface area contributed by atoms with Crippen molar-refractivity contribution >= 4 is 35.9 Å². The number of aliphatic imine (C=N–C) groups is 1. The summed E-state index contributed by atoms with van der Waals surface area (Å²) in [6.07, 6.45) is 1.58. The highest BCUT2D eigenvalue weighted by atomic mass is 127. The Morgan fingerprint density at radius 3 is 2.65 bits per heavy atom. The first kappa shape index (κ1) is 25.1. The minimum atomic E-state index is -0.145. The molecule has 0 spiro atoms. The first-order chi connectivity index (χ1) is 14.5. The number of carbonyl (C=O) groups is 1. The lowest BCUT2D eigenvalue weighted by molar-refractivity contribution is -0.145. The highest BCUT2D eigenvalue weighted by Gasteiger charge is 2.36. The largest absolute Gasteiger partial charge is 0.469 e. The van der Waals surface area contributed by atoms with Gasteiger partial charge in [0.2, 0.25) is 0 Å². The van der Waals surface area contributed by atoms with Crippen LogP contribution in [0.3, 0.4) is 0 Å². The molecule has 1 aliphatic heterocycles. The van der Waals surface area contributed by atoms with Crippen LogP contribution in [0, 0.1) is 11.8 Å². The van der Waals surface area contributed by atoms with Crippen molar-refractivity contribution in [1.29, 1.82) is 0 Å². The minimum Gasteiger partial charge on any atom is -0.469 e. The Kier molecular flexibility index (Phi) is 9.73. The van der Waals surface area contributed by atoms with E-state index in [1.165, 1.54) is 12.7 Å². The molecule has 2 aromatic rings. The number of halogens is 1.